The maximum atomic E-state index is 12.4. The Morgan fingerprint density at radius 1 is 0.765 bits per heavy atom. The molecule has 0 fully saturated rings. The number of furan rings is 1. The lowest BCUT2D eigenvalue weighted by atomic mass is 10.1. The van der Waals surface area contributed by atoms with Crippen molar-refractivity contribution in [1.29, 1.82) is 0 Å². The van der Waals surface area contributed by atoms with Crippen LogP contribution < -0.4 is 5.32 Å². The number of hydrogen-bond donors (Lipinski definition) is 1. The van der Waals surface area contributed by atoms with Crippen LogP contribution >= 0.6 is 11.6 Å². The Bertz CT molecular complexity index is 1650. The van der Waals surface area contributed by atoms with E-state index in [2.05, 4.69) is 27.6 Å². The number of nitrogens with zero attached hydrogens (tertiary/aromatic N) is 2. The summed E-state index contributed by atoms with van der Waals surface area (Å²) in [7, 11) is 0. The summed E-state index contributed by atoms with van der Waals surface area (Å²) in [4.78, 5) is 12.4. The van der Waals surface area contributed by atoms with Crippen LogP contribution in [-0.2, 0) is 0 Å². The van der Waals surface area contributed by atoms with Crippen LogP contribution in [0.5, 0.6) is 0 Å². The van der Waals surface area contributed by atoms with Crippen LogP contribution in [0.15, 0.2) is 99.8 Å². The largest absolute Gasteiger partial charge is 0.451 e. The Balaban J connectivity index is 1.23. The smallest absolute Gasteiger partial charge is 0.283 e. The number of fused-ring (bicyclic) bond motifs is 3. The number of halogens is 1. The quantitative estimate of drug-likeness (QED) is 0.297. The van der Waals surface area contributed by atoms with Crippen molar-refractivity contribution in [3.63, 3.8) is 0 Å². The minimum Gasteiger partial charge on any atom is -0.451 e. The Labute approximate surface area is 198 Å². The number of anilines is 1. The number of hydrogen-bond acceptors (Lipinski definition) is 5. The summed E-state index contributed by atoms with van der Waals surface area (Å²) >= 11 is 5.88. The minimum atomic E-state index is -0.220. The number of aromatic nitrogens is 2. The van der Waals surface area contributed by atoms with Gasteiger partial charge in [0.15, 0.2) is 5.76 Å². The summed E-state index contributed by atoms with van der Waals surface area (Å²) in [6.07, 6.45) is 0. The monoisotopic (exact) mass is 465 g/mol. The first-order valence-electron chi connectivity index (χ1n) is 10.6. The van der Waals surface area contributed by atoms with E-state index < -0.39 is 0 Å². The molecule has 164 valence electrons. The zero-order valence-corrected chi connectivity index (χ0v) is 18.4. The van der Waals surface area contributed by atoms with Crippen LogP contribution in [0, 0.1) is 0 Å². The molecule has 2 aromatic heterocycles. The molecule has 6 nitrogen and oxygen atoms in total. The number of nitrogens with one attached hydrogen (secondary N) is 1. The summed E-state index contributed by atoms with van der Waals surface area (Å²) < 4.78 is 11.9. The molecule has 0 radical (unpaired) electrons. The second-order valence-corrected chi connectivity index (χ2v) is 8.20. The lowest BCUT2D eigenvalue weighted by Crippen LogP contribution is -2.11. The molecular weight excluding hydrogens is 450 g/mol. The van der Waals surface area contributed by atoms with Crippen LogP contribution in [0.25, 0.3) is 44.8 Å². The highest BCUT2D eigenvalue weighted by atomic mass is 35.5. The average molecular weight is 466 g/mol. The van der Waals surface area contributed by atoms with Crippen LogP contribution in [0.4, 0.5) is 5.69 Å². The molecule has 34 heavy (non-hydrogen) atoms. The lowest BCUT2D eigenvalue weighted by Gasteiger charge is -2.05. The fourth-order valence-electron chi connectivity index (χ4n) is 3.84. The van der Waals surface area contributed by atoms with E-state index in [0.717, 1.165) is 27.3 Å². The molecule has 2 heterocycles. The summed E-state index contributed by atoms with van der Waals surface area (Å²) in [5.74, 6) is 0.949. The number of carbonyl (C=O) groups is 1. The molecule has 0 aliphatic carbocycles. The molecule has 0 bridgehead atoms. The van der Waals surface area contributed by atoms with Crippen molar-refractivity contribution in [2.45, 2.75) is 0 Å². The predicted molar refractivity (Wildman–Crippen MR) is 132 cm³/mol. The number of amides is 1. The van der Waals surface area contributed by atoms with Gasteiger partial charge in [0.2, 0.25) is 5.89 Å². The van der Waals surface area contributed by atoms with Crippen molar-refractivity contribution in [2.75, 3.05) is 5.32 Å². The van der Waals surface area contributed by atoms with Gasteiger partial charge in [-0.15, -0.1) is 10.2 Å². The van der Waals surface area contributed by atoms with Crippen LogP contribution in [0.1, 0.15) is 10.4 Å². The van der Waals surface area contributed by atoms with Gasteiger partial charge in [-0.2, -0.15) is 0 Å². The maximum absolute atomic E-state index is 12.4. The standard InChI is InChI=1S/C27H16ClN3O3/c28-19-10-5-17(6-11-19)25(32)29-20-12-7-18(8-13-20)26-30-31-27(34-26)24-15-22-21-4-2-1-3-16(21)9-14-23(22)33-24/h1-15H,(H,29,32). The molecule has 1 N–H and O–H groups in total. The molecule has 0 aliphatic rings. The minimum absolute atomic E-state index is 0.220. The highest BCUT2D eigenvalue weighted by Crippen LogP contribution is 2.33. The first-order chi connectivity index (χ1) is 16.6. The Morgan fingerprint density at radius 3 is 2.35 bits per heavy atom. The summed E-state index contributed by atoms with van der Waals surface area (Å²) in [5.41, 5.74) is 2.65. The van der Waals surface area contributed by atoms with Gasteiger partial charge in [-0.3, -0.25) is 4.79 Å². The van der Waals surface area contributed by atoms with Crippen molar-refractivity contribution in [1.82, 2.24) is 10.2 Å². The third kappa shape index (κ3) is 3.70. The second kappa shape index (κ2) is 8.17. The normalized spacial score (nSPS) is 11.2. The van der Waals surface area contributed by atoms with E-state index in [9.17, 15) is 4.79 Å². The highest BCUT2D eigenvalue weighted by molar-refractivity contribution is 6.30. The number of carbonyl (C=O) groups excluding carboxylic acids is 1. The van der Waals surface area contributed by atoms with Crippen LogP contribution in [0.3, 0.4) is 0 Å². The fourth-order valence-corrected chi connectivity index (χ4v) is 3.96. The highest BCUT2D eigenvalue weighted by Gasteiger charge is 2.16. The van der Waals surface area contributed by atoms with E-state index in [1.54, 1.807) is 48.5 Å². The number of benzene rings is 4. The molecule has 0 saturated carbocycles. The molecule has 7 heteroatoms. The van der Waals surface area contributed by atoms with Crippen molar-refractivity contribution >= 4 is 44.9 Å². The van der Waals surface area contributed by atoms with E-state index in [-0.39, 0.29) is 5.91 Å². The van der Waals surface area contributed by atoms with Crippen LogP contribution in [0.2, 0.25) is 5.02 Å². The van der Waals surface area contributed by atoms with Gasteiger partial charge in [0, 0.05) is 27.2 Å². The maximum Gasteiger partial charge on any atom is 0.283 e. The van der Waals surface area contributed by atoms with Crippen LogP contribution in [-0.4, -0.2) is 16.1 Å². The van der Waals surface area contributed by atoms with Gasteiger partial charge < -0.3 is 14.2 Å². The van der Waals surface area contributed by atoms with Crippen molar-refractivity contribution in [3.05, 3.63) is 102 Å². The van der Waals surface area contributed by atoms with E-state index in [1.807, 2.05) is 30.3 Å². The summed E-state index contributed by atoms with van der Waals surface area (Å²) in [6.45, 7) is 0. The van der Waals surface area contributed by atoms with Crippen molar-refractivity contribution in [2.24, 2.45) is 0 Å². The first-order valence-corrected chi connectivity index (χ1v) is 10.9. The number of rotatable bonds is 4. The van der Waals surface area contributed by atoms with E-state index in [1.165, 1.54) is 0 Å². The van der Waals surface area contributed by atoms with Gasteiger partial charge in [0.1, 0.15) is 5.58 Å². The van der Waals surface area contributed by atoms with E-state index in [4.69, 9.17) is 20.4 Å². The van der Waals surface area contributed by atoms with Gasteiger partial charge in [0.25, 0.3) is 11.8 Å². The molecule has 4 aromatic carbocycles. The zero-order valence-electron chi connectivity index (χ0n) is 17.7. The molecule has 0 unspecified atom stereocenters. The average Bonchev–Trinajstić information content (AvgIpc) is 3.53. The summed E-state index contributed by atoms with van der Waals surface area (Å²) in [5, 5.41) is 15.0. The fraction of sp³-hybridized carbons (Fsp3) is 0. The predicted octanol–water partition coefficient (Wildman–Crippen LogP) is 7.21. The van der Waals surface area contributed by atoms with Gasteiger partial charge in [-0.05, 0) is 71.4 Å². The van der Waals surface area contributed by atoms with Crippen molar-refractivity contribution in [3.8, 4) is 23.1 Å². The Morgan fingerprint density at radius 2 is 1.53 bits per heavy atom. The van der Waals surface area contributed by atoms with E-state index in [0.29, 0.717) is 33.8 Å². The van der Waals surface area contributed by atoms with Gasteiger partial charge in [-0.25, -0.2) is 0 Å². The molecule has 0 spiro atoms. The second-order valence-electron chi connectivity index (χ2n) is 7.76. The summed E-state index contributed by atoms with van der Waals surface area (Å²) in [6, 6.07) is 27.9. The molecule has 0 aliphatic heterocycles. The lowest BCUT2D eigenvalue weighted by molar-refractivity contribution is 0.102. The molecule has 0 atom stereocenters. The third-order valence-electron chi connectivity index (χ3n) is 5.56. The molecule has 1 amide bonds. The van der Waals surface area contributed by atoms with E-state index >= 15 is 0 Å². The molecule has 6 rings (SSSR count). The molecule has 0 saturated heterocycles. The Hall–Kier alpha value is -4.42. The zero-order chi connectivity index (χ0) is 23.1. The SMILES string of the molecule is O=C(Nc1ccc(-c2nnc(-c3cc4c(ccc5ccccc54)o3)o2)cc1)c1ccc(Cl)cc1. The van der Waals surface area contributed by atoms with Gasteiger partial charge >= 0.3 is 0 Å². The molecule has 6 aromatic rings. The van der Waals surface area contributed by atoms with Gasteiger partial charge in [-0.1, -0.05) is 41.9 Å². The van der Waals surface area contributed by atoms with Crippen molar-refractivity contribution < 1.29 is 13.6 Å². The first kappa shape index (κ1) is 20.2. The molecular formula is C27H16ClN3O3. The third-order valence-corrected chi connectivity index (χ3v) is 5.81. The topological polar surface area (TPSA) is 81.2 Å². The Kier molecular flexibility index (Phi) is 4.86. The van der Waals surface area contributed by atoms with Gasteiger partial charge in [0.05, 0.1) is 0 Å².